The second-order valence-corrected chi connectivity index (χ2v) is 4.97. The molecular weight excluding hydrogens is 327 g/mol. The van der Waals surface area contributed by atoms with Gasteiger partial charge in [-0.3, -0.25) is 0 Å². The van der Waals surface area contributed by atoms with E-state index >= 15 is 0 Å². The van der Waals surface area contributed by atoms with Crippen molar-refractivity contribution in [1.82, 2.24) is 14.8 Å². The summed E-state index contributed by atoms with van der Waals surface area (Å²) in [6.07, 6.45) is 3.74. The number of nitrogens with zero attached hydrogens (tertiary/aromatic N) is 3. The standard InChI is InChI=1S/C12H9IN4/c13-9-6-15-17(7-9)12-4-1-8-5-10(14)2-3-11(8)16-12/h1-7H,14H2. The van der Waals surface area contributed by atoms with Gasteiger partial charge in [-0.25, -0.2) is 9.67 Å². The Morgan fingerprint density at radius 2 is 2.06 bits per heavy atom. The highest BCUT2D eigenvalue weighted by Gasteiger charge is 2.02. The summed E-state index contributed by atoms with van der Waals surface area (Å²) in [7, 11) is 0. The molecule has 2 heterocycles. The van der Waals surface area contributed by atoms with Gasteiger partial charge in [0.2, 0.25) is 0 Å². The van der Waals surface area contributed by atoms with Crippen LogP contribution in [0.4, 0.5) is 5.69 Å². The van der Waals surface area contributed by atoms with E-state index in [1.54, 1.807) is 10.9 Å². The molecule has 0 aliphatic rings. The molecule has 0 aliphatic carbocycles. The predicted octanol–water partition coefficient (Wildman–Crippen LogP) is 2.61. The molecule has 0 atom stereocenters. The molecule has 17 heavy (non-hydrogen) atoms. The molecule has 5 heteroatoms. The molecule has 0 radical (unpaired) electrons. The molecule has 0 saturated carbocycles. The van der Waals surface area contributed by atoms with Crippen molar-refractivity contribution < 1.29 is 0 Å². The number of aromatic nitrogens is 3. The Labute approximate surface area is 112 Å². The summed E-state index contributed by atoms with van der Waals surface area (Å²) in [5.41, 5.74) is 7.40. The van der Waals surface area contributed by atoms with Gasteiger partial charge in [0, 0.05) is 17.3 Å². The second kappa shape index (κ2) is 3.99. The van der Waals surface area contributed by atoms with Crippen LogP contribution in [0.2, 0.25) is 0 Å². The van der Waals surface area contributed by atoms with E-state index in [-0.39, 0.29) is 0 Å². The molecule has 3 aromatic rings. The lowest BCUT2D eigenvalue weighted by atomic mass is 10.2. The van der Waals surface area contributed by atoms with Crippen molar-refractivity contribution in [2.75, 3.05) is 5.73 Å². The van der Waals surface area contributed by atoms with Crippen LogP contribution in [0.25, 0.3) is 16.7 Å². The van der Waals surface area contributed by atoms with Gasteiger partial charge in [0.15, 0.2) is 5.82 Å². The summed E-state index contributed by atoms with van der Waals surface area (Å²) in [5.74, 6) is 0.810. The lowest BCUT2D eigenvalue weighted by molar-refractivity contribution is 0.852. The largest absolute Gasteiger partial charge is 0.399 e. The van der Waals surface area contributed by atoms with Crippen molar-refractivity contribution in [3.8, 4) is 5.82 Å². The van der Waals surface area contributed by atoms with E-state index in [9.17, 15) is 0 Å². The first-order chi connectivity index (χ1) is 8.22. The van der Waals surface area contributed by atoms with Crippen molar-refractivity contribution in [2.24, 2.45) is 0 Å². The Morgan fingerprint density at radius 1 is 1.18 bits per heavy atom. The molecule has 4 nitrogen and oxygen atoms in total. The molecule has 84 valence electrons. The van der Waals surface area contributed by atoms with E-state index in [4.69, 9.17) is 5.73 Å². The van der Waals surface area contributed by atoms with Crippen molar-refractivity contribution in [2.45, 2.75) is 0 Å². The van der Waals surface area contributed by atoms with Gasteiger partial charge in [-0.1, -0.05) is 0 Å². The zero-order chi connectivity index (χ0) is 11.8. The van der Waals surface area contributed by atoms with Gasteiger partial charge in [0.1, 0.15) is 0 Å². The first-order valence-electron chi connectivity index (χ1n) is 5.09. The summed E-state index contributed by atoms with van der Waals surface area (Å²) in [5, 5.41) is 5.27. The minimum atomic E-state index is 0.751. The van der Waals surface area contributed by atoms with Gasteiger partial charge in [0.25, 0.3) is 0 Å². The average molecular weight is 336 g/mol. The Morgan fingerprint density at radius 3 is 2.82 bits per heavy atom. The summed E-state index contributed by atoms with van der Waals surface area (Å²) in [4.78, 5) is 4.54. The van der Waals surface area contributed by atoms with Crippen LogP contribution < -0.4 is 5.73 Å². The quantitative estimate of drug-likeness (QED) is 0.549. The fourth-order valence-corrected chi connectivity index (χ4v) is 2.08. The molecule has 0 fully saturated rings. The fourth-order valence-electron chi connectivity index (χ4n) is 1.69. The Kier molecular flexibility index (Phi) is 2.47. The molecule has 0 aliphatic heterocycles. The van der Waals surface area contributed by atoms with E-state index in [0.29, 0.717) is 0 Å². The highest BCUT2D eigenvalue weighted by molar-refractivity contribution is 14.1. The highest BCUT2D eigenvalue weighted by Crippen LogP contribution is 2.17. The van der Waals surface area contributed by atoms with E-state index in [0.717, 1.165) is 26.0 Å². The molecule has 2 aromatic heterocycles. The zero-order valence-corrected chi connectivity index (χ0v) is 11.0. The van der Waals surface area contributed by atoms with Crippen LogP contribution in [0.3, 0.4) is 0 Å². The maximum atomic E-state index is 5.73. The molecule has 3 rings (SSSR count). The molecule has 2 N–H and O–H groups in total. The number of anilines is 1. The zero-order valence-electron chi connectivity index (χ0n) is 8.84. The van der Waals surface area contributed by atoms with Crippen molar-refractivity contribution >= 4 is 39.2 Å². The third-order valence-electron chi connectivity index (χ3n) is 2.48. The number of nitrogen functional groups attached to an aromatic ring is 1. The topological polar surface area (TPSA) is 56.7 Å². The normalized spacial score (nSPS) is 10.9. The van der Waals surface area contributed by atoms with E-state index in [1.165, 1.54) is 0 Å². The minimum absolute atomic E-state index is 0.751. The SMILES string of the molecule is Nc1ccc2nc(-n3cc(I)cn3)ccc2c1. The van der Waals surface area contributed by atoms with Gasteiger partial charge in [0.05, 0.1) is 15.3 Å². The maximum absolute atomic E-state index is 5.73. The third-order valence-corrected chi connectivity index (χ3v) is 3.04. The number of nitrogens with two attached hydrogens (primary N) is 1. The van der Waals surface area contributed by atoms with Crippen molar-refractivity contribution in [1.29, 1.82) is 0 Å². The summed E-state index contributed by atoms with van der Waals surface area (Å²) < 4.78 is 2.85. The lowest BCUT2D eigenvalue weighted by Crippen LogP contribution is -1.97. The van der Waals surface area contributed by atoms with E-state index in [2.05, 4.69) is 32.7 Å². The predicted molar refractivity (Wildman–Crippen MR) is 76.0 cm³/mol. The highest BCUT2D eigenvalue weighted by atomic mass is 127. The van der Waals surface area contributed by atoms with Gasteiger partial charge in [-0.15, -0.1) is 0 Å². The molecule has 0 amide bonds. The molecule has 0 bridgehead atoms. The number of hydrogen-bond acceptors (Lipinski definition) is 3. The molecule has 0 saturated heterocycles. The molecule has 0 spiro atoms. The second-order valence-electron chi connectivity index (χ2n) is 3.72. The summed E-state index contributed by atoms with van der Waals surface area (Å²) in [6, 6.07) is 9.63. The number of rotatable bonds is 1. The van der Waals surface area contributed by atoms with E-state index < -0.39 is 0 Å². The summed E-state index contributed by atoms with van der Waals surface area (Å²) >= 11 is 2.22. The summed E-state index contributed by atoms with van der Waals surface area (Å²) in [6.45, 7) is 0. The number of fused-ring (bicyclic) bond motifs is 1. The van der Waals surface area contributed by atoms with Crippen LogP contribution in [0, 0.1) is 3.57 Å². The minimum Gasteiger partial charge on any atom is -0.399 e. The van der Waals surface area contributed by atoms with Crippen LogP contribution in [0.5, 0.6) is 0 Å². The first kappa shape index (κ1) is 10.5. The number of benzene rings is 1. The third kappa shape index (κ3) is 1.97. The smallest absolute Gasteiger partial charge is 0.154 e. The van der Waals surface area contributed by atoms with Crippen LogP contribution in [-0.2, 0) is 0 Å². The van der Waals surface area contributed by atoms with Crippen molar-refractivity contribution in [3.63, 3.8) is 0 Å². The van der Waals surface area contributed by atoms with Crippen LogP contribution >= 0.6 is 22.6 Å². The van der Waals surface area contributed by atoms with Crippen LogP contribution in [0.15, 0.2) is 42.7 Å². The number of hydrogen-bond donors (Lipinski definition) is 1. The van der Waals surface area contributed by atoms with Gasteiger partial charge < -0.3 is 5.73 Å². The maximum Gasteiger partial charge on any atom is 0.154 e. The Hall–Kier alpha value is -1.63. The van der Waals surface area contributed by atoms with Gasteiger partial charge in [-0.2, -0.15) is 5.10 Å². The molecular formula is C12H9IN4. The lowest BCUT2D eigenvalue weighted by Gasteiger charge is -2.03. The Bertz CT molecular complexity index is 690. The van der Waals surface area contributed by atoms with E-state index in [1.807, 2.05) is 36.5 Å². The van der Waals surface area contributed by atoms with Gasteiger partial charge in [-0.05, 0) is 52.9 Å². The monoisotopic (exact) mass is 336 g/mol. The average Bonchev–Trinajstić information content (AvgIpc) is 2.75. The van der Waals surface area contributed by atoms with Crippen LogP contribution in [0.1, 0.15) is 0 Å². The molecule has 0 unspecified atom stereocenters. The van der Waals surface area contributed by atoms with Gasteiger partial charge >= 0.3 is 0 Å². The molecule has 1 aromatic carbocycles. The first-order valence-corrected chi connectivity index (χ1v) is 6.17. The number of halogens is 1. The Balaban J connectivity index is 2.16. The van der Waals surface area contributed by atoms with Crippen LogP contribution in [-0.4, -0.2) is 14.8 Å². The number of pyridine rings is 1. The van der Waals surface area contributed by atoms with Crippen molar-refractivity contribution in [3.05, 3.63) is 46.3 Å². The fraction of sp³-hybridized carbons (Fsp3) is 0.